The Kier molecular flexibility index (Phi) is 3.84. The number of benzene rings is 1. The van der Waals surface area contributed by atoms with Crippen molar-refractivity contribution in [1.82, 2.24) is 24.4 Å². The number of aryl methyl sites for hydroxylation is 3. The number of hydrogen-bond acceptors (Lipinski definition) is 5. The van der Waals surface area contributed by atoms with Gasteiger partial charge in [0.25, 0.3) is 11.5 Å². The number of imidazole rings is 1. The molecule has 0 aliphatic carbocycles. The summed E-state index contributed by atoms with van der Waals surface area (Å²) in [7, 11) is 3.58. The first-order valence-electron chi connectivity index (χ1n) is 8.10. The van der Waals surface area contributed by atoms with Gasteiger partial charge in [0.2, 0.25) is 0 Å². The van der Waals surface area contributed by atoms with Gasteiger partial charge < -0.3 is 14.5 Å². The van der Waals surface area contributed by atoms with Gasteiger partial charge in [-0.15, -0.1) is 11.3 Å². The molecule has 0 atom stereocenters. The number of aromatic nitrogens is 4. The topological polar surface area (TPSA) is 81.8 Å². The quantitative estimate of drug-likeness (QED) is 0.601. The Labute approximate surface area is 152 Å². The van der Waals surface area contributed by atoms with Gasteiger partial charge in [-0.25, -0.2) is 9.97 Å². The molecule has 0 fully saturated rings. The minimum absolute atomic E-state index is 0.141. The lowest BCUT2D eigenvalue weighted by Gasteiger charge is -2.05. The lowest BCUT2D eigenvalue weighted by molar-refractivity contribution is 0.0953. The van der Waals surface area contributed by atoms with Gasteiger partial charge in [0.1, 0.15) is 10.7 Å². The highest BCUT2D eigenvalue weighted by Gasteiger charge is 2.19. The predicted octanol–water partition coefficient (Wildman–Crippen LogP) is 2.12. The van der Waals surface area contributed by atoms with Crippen LogP contribution in [0.15, 0.2) is 35.4 Å². The van der Waals surface area contributed by atoms with E-state index in [1.807, 2.05) is 35.9 Å². The number of fused-ring (bicyclic) bond motifs is 2. The SMILES string of the molecule is Cc1c(C(=O)NCc2nc3ccccc3n2C)sc2ncn(C)c(=O)c12. The lowest BCUT2D eigenvalue weighted by Crippen LogP contribution is -2.24. The third-order valence-electron chi connectivity index (χ3n) is 4.50. The first-order valence-corrected chi connectivity index (χ1v) is 8.92. The summed E-state index contributed by atoms with van der Waals surface area (Å²) in [6.07, 6.45) is 1.47. The molecule has 4 aromatic rings. The Morgan fingerprint density at radius 2 is 2.04 bits per heavy atom. The van der Waals surface area contributed by atoms with Crippen molar-refractivity contribution in [1.29, 1.82) is 0 Å². The molecule has 0 bridgehead atoms. The van der Waals surface area contributed by atoms with Gasteiger partial charge in [-0.05, 0) is 24.6 Å². The van der Waals surface area contributed by atoms with Crippen molar-refractivity contribution < 1.29 is 4.79 Å². The Morgan fingerprint density at radius 1 is 1.27 bits per heavy atom. The van der Waals surface area contributed by atoms with Gasteiger partial charge >= 0.3 is 0 Å². The molecule has 1 aromatic carbocycles. The Morgan fingerprint density at radius 3 is 2.81 bits per heavy atom. The number of nitrogens with one attached hydrogen (secondary N) is 1. The smallest absolute Gasteiger partial charge is 0.262 e. The Balaban J connectivity index is 1.63. The van der Waals surface area contributed by atoms with Gasteiger partial charge in [-0.3, -0.25) is 9.59 Å². The van der Waals surface area contributed by atoms with Crippen LogP contribution in [0, 0.1) is 6.92 Å². The molecular formula is C18H17N5O2S. The first-order chi connectivity index (χ1) is 12.5. The highest BCUT2D eigenvalue weighted by molar-refractivity contribution is 7.20. The summed E-state index contributed by atoms with van der Waals surface area (Å²) < 4.78 is 3.38. The van der Waals surface area contributed by atoms with Crippen LogP contribution in [-0.2, 0) is 20.6 Å². The predicted molar refractivity (Wildman–Crippen MR) is 101 cm³/mol. The van der Waals surface area contributed by atoms with Gasteiger partial charge in [-0.2, -0.15) is 0 Å². The van der Waals surface area contributed by atoms with Crippen LogP contribution in [0.5, 0.6) is 0 Å². The average molecular weight is 367 g/mol. The maximum atomic E-state index is 12.7. The summed E-state index contributed by atoms with van der Waals surface area (Å²) in [6.45, 7) is 2.09. The number of thiophene rings is 1. The van der Waals surface area contributed by atoms with E-state index in [-0.39, 0.29) is 11.5 Å². The van der Waals surface area contributed by atoms with Crippen molar-refractivity contribution >= 4 is 38.5 Å². The van der Waals surface area contributed by atoms with E-state index >= 15 is 0 Å². The zero-order valence-electron chi connectivity index (χ0n) is 14.6. The Bertz CT molecular complexity index is 1220. The standard InChI is InChI=1S/C18H17N5O2S/c1-10-14-17(20-9-22(2)18(14)25)26-15(10)16(24)19-8-13-21-11-6-4-5-7-12(11)23(13)3/h4-7,9H,8H2,1-3H3,(H,19,24). The second-order valence-electron chi connectivity index (χ2n) is 6.16. The lowest BCUT2D eigenvalue weighted by atomic mass is 10.2. The first kappa shape index (κ1) is 16.5. The van der Waals surface area contributed by atoms with Crippen LogP contribution in [0.3, 0.4) is 0 Å². The van der Waals surface area contributed by atoms with E-state index in [1.165, 1.54) is 22.2 Å². The number of hydrogen-bond donors (Lipinski definition) is 1. The maximum Gasteiger partial charge on any atom is 0.262 e. The molecule has 8 heteroatoms. The monoisotopic (exact) mass is 367 g/mol. The highest BCUT2D eigenvalue weighted by Crippen LogP contribution is 2.26. The minimum atomic E-state index is -0.223. The summed E-state index contributed by atoms with van der Waals surface area (Å²) in [5.41, 5.74) is 2.44. The number of nitrogens with zero attached hydrogens (tertiary/aromatic N) is 4. The zero-order valence-corrected chi connectivity index (χ0v) is 15.4. The molecule has 0 aliphatic rings. The highest BCUT2D eigenvalue weighted by atomic mass is 32.1. The molecule has 3 aromatic heterocycles. The molecule has 0 saturated carbocycles. The molecule has 1 N–H and O–H groups in total. The molecule has 4 rings (SSSR count). The fraction of sp³-hybridized carbons (Fsp3) is 0.222. The van der Waals surface area contributed by atoms with Gasteiger partial charge in [0.15, 0.2) is 0 Å². The molecule has 0 radical (unpaired) electrons. The molecule has 7 nitrogen and oxygen atoms in total. The summed E-state index contributed by atoms with van der Waals surface area (Å²) in [6, 6.07) is 7.83. The number of rotatable bonds is 3. The summed E-state index contributed by atoms with van der Waals surface area (Å²) in [4.78, 5) is 34.8. The van der Waals surface area contributed by atoms with Gasteiger partial charge in [0.05, 0.1) is 34.2 Å². The van der Waals surface area contributed by atoms with E-state index in [4.69, 9.17) is 0 Å². The van der Waals surface area contributed by atoms with Crippen LogP contribution in [0.2, 0.25) is 0 Å². The van der Waals surface area contributed by atoms with E-state index in [0.29, 0.717) is 27.2 Å². The van der Waals surface area contributed by atoms with E-state index in [1.54, 1.807) is 14.0 Å². The molecule has 0 unspecified atom stereocenters. The Hall–Kier alpha value is -3.00. The van der Waals surface area contributed by atoms with Crippen molar-refractivity contribution in [3.63, 3.8) is 0 Å². The van der Waals surface area contributed by atoms with Crippen LogP contribution in [0.1, 0.15) is 21.1 Å². The van der Waals surface area contributed by atoms with E-state index in [2.05, 4.69) is 15.3 Å². The normalized spacial score (nSPS) is 11.3. The van der Waals surface area contributed by atoms with Crippen molar-refractivity contribution in [3.05, 3.63) is 57.2 Å². The number of carbonyl (C=O) groups is 1. The largest absolute Gasteiger partial charge is 0.344 e. The van der Waals surface area contributed by atoms with Crippen molar-refractivity contribution in [2.75, 3.05) is 0 Å². The van der Waals surface area contributed by atoms with Crippen molar-refractivity contribution in [3.8, 4) is 0 Å². The van der Waals surface area contributed by atoms with E-state index < -0.39 is 0 Å². The minimum Gasteiger partial charge on any atom is -0.344 e. The van der Waals surface area contributed by atoms with Gasteiger partial charge in [-0.1, -0.05) is 12.1 Å². The summed E-state index contributed by atoms with van der Waals surface area (Å²) in [5, 5.41) is 3.41. The molecular weight excluding hydrogens is 350 g/mol. The number of carbonyl (C=O) groups excluding carboxylic acids is 1. The molecule has 3 heterocycles. The third-order valence-corrected chi connectivity index (χ3v) is 5.70. The summed E-state index contributed by atoms with van der Waals surface area (Å²) in [5.74, 6) is 0.548. The second-order valence-corrected chi connectivity index (χ2v) is 7.15. The molecule has 0 spiro atoms. The maximum absolute atomic E-state index is 12.7. The molecule has 0 saturated heterocycles. The third kappa shape index (κ3) is 2.50. The number of amides is 1. The second kappa shape index (κ2) is 6.06. The molecule has 132 valence electrons. The van der Waals surface area contributed by atoms with Crippen molar-refractivity contribution in [2.45, 2.75) is 13.5 Å². The van der Waals surface area contributed by atoms with Crippen LogP contribution in [0.25, 0.3) is 21.3 Å². The molecule has 0 aliphatic heterocycles. The van der Waals surface area contributed by atoms with Crippen LogP contribution >= 0.6 is 11.3 Å². The molecule has 26 heavy (non-hydrogen) atoms. The average Bonchev–Trinajstić information content (AvgIpc) is 3.14. The van der Waals surface area contributed by atoms with Crippen molar-refractivity contribution in [2.24, 2.45) is 14.1 Å². The number of para-hydroxylation sites is 2. The summed E-state index contributed by atoms with van der Waals surface area (Å²) >= 11 is 1.24. The van der Waals surface area contributed by atoms with Crippen LogP contribution < -0.4 is 10.9 Å². The van der Waals surface area contributed by atoms with Crippen LogP contribution in [0.4, 0.5) is 0 Å². The van der Waals surface area contributed by atoms with E-state index in [9.17, 15) is 9.59 Å². The zero-order chi connectivity index (χ0) is 18.4. The van der Waals surface area contributed by atoms with Gasteiger partial charge in [0, 0.05) is 14.1 Å². The van der Waals surface area contributed by atoms with E-state index in [0.717, 1.165) is 16.9 Å². The van der Waals surface area contributed by atoms with Crippen LogP contribution in [-0.4, -0.2) is 25.0 Å². The fourth-order valence-corrected chi connectivity index (χ4v) is 4.07. The fourth-order valence-electron chi connectivity index (χ4n) is 3.02. The molecule has 1 amide bonds.